The number of carboxylic acids is 1. The number of nitrogens with zero attached hydrogens (tertiary/aromatic N) is 3. The summed E-state index contributed by atoms with van der Waals surface area (Å²) in [7, 11) is 1.46. The minimum Gasteiger partial charge on any atom is -0.480 e. The molecule has 8 nitrogen and oxygen atoms in total. The van der Waals surface area contributed by atoms with Crippen LogP contribution in [0.4, 0.5) is 0 Å². The lowest BCUT2D eigenvalue weighted by molar-refractivity contribution is -0.137. The van der Waals surface area contributed by atoms with Gasteiger partial charge in [0.2, 0.25) is 5.89 Å². The third-order valence-corrected chi connectivity index (χ3v) is 1.90. The molecule has 0 aliphatic heterocycles. The molecule has 17 heavy (non-hydrogen) atoms. The van der Waals surface area contributed by atoms with Gasteiger partial charge in [0.1, 0.15) is 6.54 Å². The summed E-state index contributed by atoms with van der Waals surface area (Å²) < 4.78 is 9.45. The third-order valence-electron chi connectivity index (χ3n) is 1.90. The maximum Gasteiger partial charge on any atom is 0.323 e. The number of ether oxygens (including phenoxy) is 1. The molecule has 94 valence electrons. The van der Waals surface area contributed by atoms with Gasteiger partial charge in [-0.1, -0.05) is 5.16 Å². The van der Waals surface area contributed by atoms with Crippen LogP contribution in [-0.4, -0.2) is 58.8 Å². The van der Waals surface area contributed by atoms with E-state index in [-0.39, 0.29) is 24.9 Å². The van der Waals surface area contributed by atoms with E-state index in [1.54, 1.807) is 6.92 Å². The fraction of sp³-hybridized carbons (Fsp3) is 0.556. The van der Waals surface area contributed by atoms with Gasteiger partial charge in [-0.25, -0.2) is 0 Å². The number of aryl methyl sites for hydroxylation is 1. The molecule has 0 aromatic carbocycles. The van der Waals surface area contributed by atoms with Crippen molar-refractivity contribution >= 4 is 11.9 Å². The monoisotopic (exact) mass is 243 g/mol. The van der Waals surface area contributed by atoms with E-state index in [1.165, 1.54) is 7.11 Å². The molecule has 0 bridgehead atoms. The van der Waals surface area contributed by atoms with E-state index in [0.717, 1.165) is 4.90 Å². The summed E-state index contributed by atoms with van der Waals surface area (Å²) in [6.45, 7) is 1.49. The predicted molar refractivity (Wildman–Crippen MR) is 54.5 cm³/mol. The number of hydrogen-bond acceptors (Lipinski definition) is 6. The summed E-state index contributed by atoms with van der Waals surface area (Å²) in [4.78, 5) is 27.3. The topological polar surface area (TPSA) is 106 Å². The van der Waals surface area contributed by atoms with E-state index in [2.05, 4.69) is 14.7 Å². The van der Waals surface area contributed by atoms with Gasteiger partial charge in [-0.3, -0.25) is 9.59 Å². The zero-order valence-electron chi connectivity index (χ0n) is 9.54. The minimum absolute atomic E-state index is 0.148. The summed E-state index contributed by atoms with van der Waals surface area (Å²) in [5.74, 6) is -1.62. The van der Waals surface area contributed by atoms with Gasteiger partial charge < -0.3 is 19.3 Å². The van der Waals surface area contributed by atoms with E-state index in [4.69, 9.17) is 9.84 Å². The Morgan fingerprint density at radius 2 is 2.24 bits per heavy atom. The molecule has 1 aromatic rings. The number of aliphatic carboxylic acids is 1. The molecule has 0 spiro atoms. The first-order valence-corrected chi connectivity index (χ1v) is 4.85. The molecule has 1 N–H and O–H groups in total. The van der Waals surface area contributed by atoms with Crippen LogP contribution >= 0.6 is 0 Å². The fourth-order valence-corrected chi connectivity index (χ4v) is 1.14. The largest absolute Gasteiger partial charge is 0.480 e. The van der Waals surface area contributed by atoms with Crippen molar-refractivity contribution in [2.75, 3.05) is 26.8 Å². The molecule has 1 rings (SSSR count). The second-order valence-electron chi connectivity index (χ2n) is 3.25. The van der Waals surface area contributed by atoms with Crippen LogP contribution in [0.15, 0.2) is 4.52 Å². The highest BCUT2D eigenvalue weighted by molar-refractivity contribution is 5.92. The molecule has 0 saturated carbocycles. The summed E-state index contributed by atoms with van der Waals surface area (Å²) in [5.41, 5.74) is 0. The van der Waals surface area contributed by atoms with Crippen molar-refractivity contribution in [1.82, 2.24) is 15.0 Å². The molecule has 0 aliphatic carbocycles. The van der Waals surface area contributed by atoms with Gasteiger partial charge in [0, 0.05) is 20.6 Å². The van der Waals surface area contributed by atoms with Crippen molar-refractivity contribution in [1.29, 1.82) is 0 Å². The second-order valence-corrected chi connectivity index (χ2v) is 3.25. The number of carboxylic acid groups (broad SMARTS) is 1. The maximum absolute atomic E-state index is 11.8. The van der Waals surface area contributed by atoms with Gasteiger partial charge in [0.05, 0.1) is 6.61 Å². The Labute approximate surface area is 97.2 Å². The Kier molecular flexibility index (Phi) is 4.58. The third kappa shape index (κ3) is 3.83. The molecule has 0 unspecified atom stereocenters. The highest BCUT2D eigenvalue weighted by atomic mass is 16.5. The lowest BCUT2D eigenvalue weighted by Crippen LogP contribution is -2.38. The first-order chi connectivity index (χ1) is 8.04. The molecule has 8 heteroatoms. The summed E-state index contributed by atoms with van der Waals surface area (Å²) >= 11 is 0. The van der Waals surface area contributed by atoms with E-state index in [0.29, 0.717) is 0 Å². The highest BCUT2D eigenvalue weighted by Crippen LogP contribution is 2.01. The van der Waals surface area contributed by atoms with E-state index < -0.39 is 18.4 Å². The van der Waals surface area contributed by atoms with E-state index in [9.17, 15) is 9.59 Å². The Balaban J connectivity index is 2.74. The Bertz CT molecular complexity index is 403. The van der Waals surface area contributed by atoms with Crippen LogP contribution in [0.2, 0.25) is 0 Å². The Morgan fingerprint density at radius 1 is 1.53 bits per heavy atom. The van der Waals surface area contributed by atoms with Crippen LogP contribution in [-0.2, 0) is 9.53 Å². The molecule has 1 amide bonds. The van der Waals surface area contributed by atoms with Crippen molar-refractivity contribution in [2.45, 2.75) is 6.92 Å². The average Bonchev–Trinajstić information content (AvgIpc) is 2.69. The van der Waals surface area contributed by atoms with Crippen molar-refractivity contribution in [2.24, 2.45) is 0 Å². The number of amides is 1. The van der Waals surface area contributed by atoms with Crippen LogP contribution in [0.1, 0.15) is 16.5 Å². The summed E-state index contributed by atoms with van der Waals surface area (Å²) in [6, 6.07) is 0. The molecular formula is C9H13N3O5. The first-order valence-electron chi connectivity index (χ1n) is 4.85. The Morgan fingerprint density at radius 3 is 2.71 bits per heavy atom. The smallest absolute Gasteiger partial charge is 0.323 e. The van der Waals surface area contributed by atoms with Crippen molar-refractivity contribution < 1.29 is 24.0 Å². The molecule has 1 heterocycles. The van der Waals surface area contributed by atoms with Crippen LogP contribution in [0.5, 0.6) is 0 Å². The van der Waals surface area contributed by atoms with Gasteiger partial charge in [0.25, 0.3) is 11.7 Å². The van der Waals surface area contributed by atoms with Crippen LogP contribution in [0.3, 0.4) is 0 Å². The van der Waals surface area contributed by atoms with Gasteiger partial charge in [-0.05, 0) is 0 Å². The molecule has 0 atom stereocenters. The predicted octanol–water partition coefficient (Wildman–Crippen LogP) is -0.449. The lowest BCUT2D eigenvalue weighted by atomic mass is 10.4. The highest BCUT2D eigenvalue weighted by Gasteiger charge is 2.22. The number of carbonyl (C=O) groups is 2. The molecule has 0 fully saturated rings. The van der Waals surface area contributed by atoms with E-state index in [1.807, 2.05) is 0 Å². The average molecular weight is 243 g/mol. The lowest BCUT2D eigenvalue weighted by Gasteiger charge is -2.17. The molecule has 0 aliphatic rings. The van der Waals surface area contributed by atoms with E-state index >= 15 is 0 Å². The van der Waals surface area contributed by atoms with Gasteiger partial charge in [-0.2, -0.15) is 4.98 Å². The number of rotatable bonds is 6. The molecule has 1 aromatic heterocycles. The summed E-state index contributed by atoms with van der Waals surface area (Å²) in [5, 5.41) is 12.1. The number of carbonyl (C=O) groups excluding carboxylic acids is 1. The van der Waals surface area contributed by atoms with Crippen LogP contribution < -0.4 is 0 Å². The normalized spacial score (nSPS) is 10.2. The van der Waals surface area contributed by atoms with Crippen molar-refractivity contribution in [3.8, 4) is 0 Å². The fourth-order valence-electron chi connectivity index (χ4n) is 1.14. The number of aromatic nitrogens is 2. The van der Waals surface area contributed by atoms with Gasteiger partial charge in [-0.15, -0.1) is 0 Å². The van der Waals surface area contributed by atoms with Crippen LogP contribution in [0.25, 0.3) is 0 Å². The quantitative estimate of drug-likeness (QED) is 0.721. The Hall–Kier alpha value is -1.96. The summed E-state index contributed by atoms with van der Waals surface area (Å²) in [6.07, 6.45) is 0. The maximum atomic E-state index is 11.8. The second kappa shape index (κ2) is 5.94. The SMILES string of the molecule is COCCN(CC(=O)O)C(=O)c1noc(C)n1. The molecule has 0 saturated heterocycles. The van der Waals surface area contributed by atoms with Gasteiger partial charge in [0.15, 0.2) is 0 Å². The molecule has 0 radical (unpaired) electrons. The zero-order chi connectivity index (χ0) is 12.8. The minimum atomic E-state index is -1.12. The zero-order valence-corrected chi connectivity index (χ0v) is 9.54. The number of methoxy groups -OCH3 is 1. The standard InChI is InChI=1S/C9H13N3O5/c1-6-10-8(11-17-6)9(15)12(3-4-16-2)5-7(13)14/h3-5H2,1-2H3,(H,13,14). The van der Waals surface area contributed by atoms with Crippen molar-refractivity contribution in [3.05, 3.63) is 11.7 Å². The molecular weight excluding hydrogens is 230 g/mol. The van der Waals surface area contributed by atoms with Crippen LogP contribution in [0, 0.1) is 6.92 Å². The number of hydrogen-bond donors (Lipinski definition) is 1. The van der Waals surface area contributed by atoms with Crippen molar-refractivity contribution in [3.63, 3.8) is 0 Å². The first kappa shape index (κ1) is 13.1. The van der Waals surface area contributed by atoms with Gasteiger partial charge >= 0.3 is 5.97 Å².